The molecule has 0 radical (unpaired) electrons. The van der Waals surface area contributed by atoms with Crippen LogP contribution in [-0.4, -0.2) is 17.7 Å². The van der Waals surface area contributed by atoms with Crippen molar-refractivity contribution in [3.05, 3.63) is 0 Å². The fourth-order valence-electron chi connectivity index (χ4n) is 4.54. The van der Waals surface area contributed by atoms with E-state index in [0.717, 1.165) is 25.7 Å². The van der Waals surface area contributed by atoms with Gasteiger partial charge in [0.1, 0.15) is 6.17 Å². The maximum Gasteiger partial charge on any atom is 0.100 e. The Labute approximate surface area is 208 Å². The molecule has 32 heavy (non-hydrogen) atoms. The van der Waals surface area contributed by atoms with E-state index in [4.69, 9.17) is 0 Å². The first-order chi connectivity index (χ1) is 15.8. The second-order valence-electron chi connectivity index (χ2n) is 10.2. The quantitative estimate of drug-likeness (QED) is 0.102. The first-order valence-electron chi connectivity index (χ1n) is 15.0. The Bertz CT molecular complexity index is 290. The Morgan fingerprint density at radius 3 is 1.03 bits per heavy atom. The van der Waals surface area contributed by atoms with E-state index < -0.39 is 6.17 Å². The van der Waals surface area contributed by atoms with Crippen LogP contribution in [0.4, 0.5) is 4.39 Å². The van der Waals surface area contributed by atoms with Crippen molar-refractivity contribution in [1.29, 1.82) is 0 Å². The van der Waals surface area contributed by atoms with Crippen LogP contribution in [0.15, 0.2) is 0 Å². The Kier molecular flexibility index (Phi) is 29.6. The van der Waals surface area contributed by atoms with E-state index >= 15 is 0 Å². The number of rotatable bonds is 28. The molecule has 0 aromatic carbocycles. The van der Waals surface area contributed by atoms with Crippen LogP contribution in [0.2, 0.25) is 0 Å². The van der Waals surface area contributed by atoms with Crippen LogP contribution in [0.5, 0.6) is 0 Å². The minimum atomic E-state index is -0.537. The zero-order valence-corrected chi connectivity index (χ0v) is 23.3. The van der Waals surface area contributed by atoms with Crippen LogP contribution in [-0.2, 0) is 0 Å². The van der Waals surface area contributed by atoms with Crippen molar-refractivity contribution in [3.8, 4) is 0 Å². The summed E-state index contributed by atoms with van der Waals surface area (Å²) < 4.78 is 14.1. The third-order valence-corrected chi connectivity index (χ3v) is 7.97. The van der Waals surface area contributed by atoms with Crippen molar-refractivity contribution in [2.75, 3.05) is 11.5 Å². The lowest BCUT2D eigenvalue weighted by atomic mass is 10.0. The van der Waals surface area contributed by atoms with Gasteiger partial charge >= 0.3 is 0 Å². The molecule has 0 saturated heterocycles. The Balaban J connectivity index is 3.13. The molecule has 0 aliphatic carbocycles. The van der Waals surface area contributed by atoms with E-state index in [-0.39, 0.29) is 0 Å². The summed E-state index contributed by atoms with van der Waals surface area (Å²) in [5.41, 5.74) is 0. The molecule has 0 bridgehead atoms. The van der Waals surface area contributed by atoms with Crippen LogP contribution >= 0.6 is 11.8 Å². The number of hydrogen-bond acceptors (Lipinski definition) is 1. The van der Waals surface area contributed by atoms with Gasteiger partial charge in [-0.2, -0.15) is 11.8 Å². The molecular formula is C30H61FS. The van der Waals surface area contributed by atoms with Crippen molar-refractivity contribution in [1.82, 2.24) is 0 Å². The molecule has 2 heteroatoms. The van der Waals surface area contributed by atoms with Crippen LogP contribution in [0.25, 0.3) is 0 Å². The molecule has 0 aromatic rings. The second-order valence-corrected chi connectivity index (χ2v) is 11.4. The summed E-state index contributed by atoms with van der Waals surface area (Å²) in [7, 11) is 0. The highest BCUT2D eigenvalue weighted by Gasteiger charge is 2.05. The van der Waals surface area contributed by atoms with Crippen LogP contribution < -0.4 is 0 Å². The normalized spacial score (nSPS) is 12.5. The van der Waals surface area contributed by atoms with Gasteiger partial charge in [0.2, 0.25) is 0 Å². The number of alkyl halides is 1. The predicted molar refractivity (Wildman–Crippen MR) is 149 cm³/mol. The molecule has 0 fully saturated rings. The lowest BCUT2D eigenvalue weighted by molar-refractivity contribution is 0.279. The maximum atomic E-state index is 14.1. The molecule has 0 amide bonds. The highest BCUT2D eigenvalue weighted by Crippen LogP contribution is 2.18. The average molecular weight is 473 g/mol. The van der Waals surface area contributed by atoms with E-state index in [1.807, 2.05) is 0 Å². The highest BCUT2D eigenvalue weighted by molar-refractivity contribution is 7.99. The lowest BCUT2D eigenvalue weighted by Gasteiger charge is -2.08. The molecule has 0 rings (SSSR count). The number of thioether (sulfide) groups is 1. The number of unbranched alkanes of at least 4 members (excludes halogenated alkanes) is 20. The summed E-state index contributed by atoms with van der Waals surface area (Å²) >= 11 is 2.13. The standard InChI is InChI=1S/C30H61FS/c1-3-5-7-9-11-12-13-14-15-16-17-18-22-26-30(31)27-23-19-21-25-29-32-28-24-20-10-8-6-4-2/h30H,3-29H2,1-2H3. The largest absolute Gasteiger partial charge is 0.247 e. The van der Waals surface area contributed by atoms with E-state index in [0.29, 0.717) is 0 Å². The van der Waals surface area contributed by atoms with Crippen LogP contribution in [0.3, 0.4) is 0 Å². The molecule has 0 heterocycles. The fourth-order valence-corrected chi connectivity index (χ4v) is 5.56. The third-order valence-electron chi connectivity index (χ3n) is 6.82. The van der Waals surface area contributed by atoms with Gasteiger partial charge in [-0.25, -0.2) is 4.39 Å². The Hall–Kier alpha value is 0.280. The molecule has 194 valence electrons. The van der Waals surface area contributed by atoms with E-state index in [1.165, 1.54) is 146 Å². The van der Waals surface area contributed by atoms with Gasteiger partial charge in [0.25, 0.3) is 0 Å². The lowest BCUT2D eigenvalue weighted by Crippen LogP contribution is -2.00. The maximum absolute atomic E-state index is 14.1. The minimum Gasteiger partial charge on any atom is -0.247 e. The summed E-state index contributed by atoms with van der Waals surface area (Å²) in [6.45, 7) is 4.57. The highest BCUT2D eigenvalue weighted by atomic mass is 32.2. The van der Waals surface area contributed by atoms with Gasteiger partial charge in [0.15, 0.2) is 0 Å². The topological polar surface area (TPSA) is 0 Å². The SMILES string of the molecule is CCCCCCCCCCCCCCCC(F)CCCCCCSCCCCCCCC. The van der Waals surface area contributed by atoms with E-state index in [2.05, 4.69) is 25.6 Å². The number of hydrogen-bond donors (Lipinski definition) is 0. The minimum absolute atomic E-state index is 0.537. The van der Waals surface area contributed by atoms with Crippen LogP contribution in [0.1, 0.15) is 174 Å². The summed E-state index contributed by atoms with van der Waals surface area (Å²) in [6.07, 6.45) is 32.3. The molecule has 0 aromatic heterocycles. The van der Waals surface area contributed by atoms with Gasteiger partial charge in [0, 0.05) is 0 Å². The molecule has 1 atom stereocenters. The van der Waals surface area contributed by atoms with Crippen molar-refractivity contribution >= 4 is 11.8 Å². The first kappa shape index (κ1) is 32.3. The summed E-state index contributed by atoms with van der Waals surface area (Å²) in [6, 6.07) is 0. The first-order valence-corrected chi connectivity index (χ1v) is 16.2. The van der Waals surface area contributed by atoms with Gasteiger partial charge in [-0.1, -0.05) is 149 Å². The van der Waals surface area contributed by atoms with Crippen LogP contribution in [0, 0.1) is 0 Å². The van der Waals surface area contributed by atoms with Gasteiger partial charge in [0.05, 0.1) is 0 Å². The Morgan fingerprint density at radius 1 is 0.406 bits per heavy atom. The van der Waals surface area contributed by atoms with Gasteiger partial charge in [-0.3, -0.25) is 0 Å². The van der Waals surface area contributed by atoms with Crippen molar-refractivity contribution in [2.45, 2.75) is 181 Å². The number of halogens is 1. The predicted octanol–water partition coefficient (Wildman–Crippen LogP) is 11.8. The zero-order chi connectivity index (χ0) is 23.4. The van der Waals surface area contributed by atoms with E-state index in [9.17, 15) is 4.39 Å². The van der Waals surface area contributed by atoms with E-state index in [1.54, 1.807) is 0 Å². The molecule has 0 spiro atoms. The molecule has 1 unspecified atom stereocenters. The van der Waals surface area contributed by atoms with Gasteiger partial charge in [-0.15, -0.1) is 0 Å². The zero-order valence-electron chi connectivity index (χ0n) is 22.5. The monoisotopic (exact) mass is 472 g/mol. The second kappa shape index (κ2) is 29.3. The van der Waals surface area contributed by atoms with Crippen molar-refractivity contribution < 1.29 is 4.39 Å². The molecule has 0 aliphatic heterocycles. The third kappa shape index (κ3) is 28.3. The summed E-state index contributed by atoms with van der Waals surface area (Å²) in [5, 5.41) is 0. The summed E-state index contributed by atoms with van der Waals surface area (Å²) in [5.74, 6) is 2.66. The van der Waals surface area contributed by atoms with Crippen molar-refractivity contribution in [2.24, 2.45) is 0 Å². The smallest absolute Gasteiger partial charge is 0.100 e. The molecule has 0 saturated carbocycles. The summed E-state index contributed by atoms with van der Waals surface area (Å²) in [4.78, 5) is 0. The van der Waals surface area contributed by atoms with Gasteiger partial charge in [-0.05, 0) is 37.2 Å². The molecule has 0 nitrogen and oxygen atoms in total. The Morgan fingerprint density at radius 2 is 0.688 bits per heavy atom. The fraction of sp³-hybridized carbons (Fsp3) is 1.00. The molecule has 0 N–H and O–H groups in total. The average Bonchev–Trinajstić information content (AvgIpc) is 2.80. The molecular weight excluding hydrogens is 411 g/mol. The van der Waals surface area contributed by atoms with Crippen molar-refractivity contribution in [3.63, 3.8) is 0 Å². The molecule has 0 aliphatic rings. The van der Waals surface area contributed by atoms with Gasteiger partial charge < -0.3 is 0 Å².